The molecule has 0 fully saturated rings. The normalized spacial score (nSPS) is 10.8. The van der Waals surface area contributed by atoms with Crippen LogP contribution in [0.2, 0.25) is 0 Å². The van der Waals surface area contributed by atoms with E-state index < -0.39 is 0 Å². The lowest BCUT2D eigenvalue weighted by Crippen LogP contribution is -2.12. The van der Waals surface area contributed by atoms with Gasteiger partial charge in [-0.3, -0.25) is 4.79 Å². The van der Waals surface area contributed by atoms with Gasteiger partial charge >= 0.3 is 0 Å². The highest BCUT2D eigenvalue weighted by molar-refractivity contribution is 14.1. The van der Waals surface area contributed by atoms with E-state index in [0.29, 0.717) is 11.3 Å². The number of aromatic nitrogens is 1. The minimum absolute atomic E-state index is 0.284. The number of hydrogen-bond donors (Lipinski definition) is 1. The molecule has 0 radical (unpaired) electrons. The Bertz CT molecular complexity index is 1080. The van der Waals surface area contributed by atoms with Gasteiger partial charge in [-0.05, 0) is 77.2 Å². The molecule has 0 atom stereocenters. The van der Waals surface area contributed by atoms with Crippen molar-refractivity contribution < 1.29 is 9.18 Å². The lowest BCUT2D eigenvalue weighted by atomic mass is 10.1. The molecule has 1 N–H and O–H groups in total. The van der Waals surface area contributed by atoms with Crippen LogP contribution in [-0.2, 0) is 0 Å². The van der Waals surface area contributed by atoms with Gasteiger partial charge in [-0.25, -0.2) is 9.37 Å². The first-order chi connectivity index (χ1) is 12.6. The van der Waals surface area contributed by atoms with Gasteiger partial charge in [-0.1, -0.05) is 12.1 Å². The zero-order chi connectivity index (χ0) is 18.1. The first-order valence-corrected chi connectivity index (χ1v) is 9.72. The second-order valence-corrected chi connectivity index (χ2v) is 7.91. The first-order valence-electron chi connectivity index (χ1n) is 7.82. The summed E-state index contributed by atoms with van der Waals surface area (Å²) in [6.07, 6.45) is 0. The third kappa shape index (κ3) is 3.47. The second-order valence-electron chi connectivity index (χ2n) is 5.64. The van der Waals surface area contributed by atoms with E-state index in [9.17, 15) is 9.18 Å². The van der Waals surface area contributed by atoms with E-state index in [4.69, 9.17) is 4.98 Å². The van der Waals surface area contributed by atoms with Crippen molar-refractivity contribution in [1.82, 2.24) is 4.98 Å². The van der Waals surface area contributed by atoms with E-state index in [0.717, 1.165) is 24.4 Å². The molecular weight excluding hydrogens is 462 g/mol. The van der Waals surface area contributed by atoms with Gasteiger partial charge < -0.3 is 5.32 Å². The van der Waals surface area contributed by atoms with Crippen LogP contribution in [0, 0.1) is 9.39 Å². The number of thiazole rings is 1. The molecule has 4 aromatic rings. The summed E-state index contributed by atoms with van der Waals surface area (Å²) in [6.45, 7) is 0. The summed E-state index contributed by atoms with van der Waals surface area (Å²) in [5.74, 6) is -0.653. The molecule has 0 bridgehead atoms. The van der Waals surface area contributed by atoms with E-state index in [-0.39, 0.29) is 11.7 Å². The molecule has 0 spiro atoms. The number of nitrogens with zero attached hydrogens (tertiary/aromatic N) is 1. The zero-order valence-corrected chi connectivity index (χ0v) is 16.3. The molecule has 1 heterocycles. The monoisotopic (exact) mass is 474 g/mol. The maximum Gasteiger partial charge on any atom is 0.255 e. The number of carbonyl (C=O) groups excluding carboxylic acids is 1. The Morgan fingerprint density at radius 1 is 1.04 bits per heavy atom. The second kappa shape index (κ2) is 7.13. The number of anilines is 1. The Balaban J connectivity index is 1.72. The van der Waals surface area contributed by atoms with Gasteiger partial charge in [-0.15, -0.1) is 11.3 Å². The van der Waals surface area contributed by atoms with Crippen molar-refractivity contribution in [3.8, 4) is 10.6 Å². The molecule has 1 amide bonds. The van der Waals surface area contributed by atoms with Crippen molar-refractivity contribution in [2.75, 3.05) is 5.32 Å². The minimum Gasteiger partial charge on any atom is -0.321 e. The van der Waals surface area contributed by atoms with E-state index in [1.54, 1.807) is 11.3 Å². The van der Waals surface area contributed by atoms with E-state index in [2.05, 4.69) is 27.9 Å². The highest BCUT2D eigenvalue weighted by Crippen LogP contribution is 2.35. The third-order valence-electron chi connectivity index (χ3n) is 3.86. The molecule has 26 heavy (non-hydrogen) atoms. The molecule has 1 aromatic heterocycles. The summed E-state index contributed by atoms with van der Waals surface area (Å²) in [4.78, 5) is 17.2. The van der Waals surface area contributed by atoms with Gasteiger partial charge in [0.2, 0.25) is 0 Å². The van der Waals surface area contributed by atoms with Gasteiger partial charge in [0, 0.05) is 14.7 Å². The minimum atomic E-state index is -0.369. The molecule has 128 valence electrons. The van der Waals surface area contributed by atoms with Crippen LogP contribution in [0.25, 0.3) is 20.8 Å². The van der Waals surface area contributed by atoms with Crippen LogP contribution in [0.1, 0.15) is 10.4 Å². The first kappa shape index (κ1) is 17.1. The lowest BCUT2D eigenvalue weighted by Gasteiger charge is -2.10. The molecule has 4 rings (SSSR count). The number of amides is 1. The van der Waals surface area contributed by atoms with Crippen LogP contribution in [0.4, 0.5) is 10.1 Å². The highest BCUT2D eigenvalue weighted by Gasteiger charge is 2.14. The fraction of sp³-hybridized carbons (Fsp3) is 0. The molecule has 0 unspecified atom stereocenters. The predicted octanol–water partition coefficient (Wildman–Crippen LogP) is 5.96. The molecule has 0 aliphatic carbocycles. The molecule has 3 aromatic carbocycles. The highest BCUT2D eigenvalue weighted by atomic mass is 127. The van der Waals surface area contributed by atoms with E-state index in [1.807, 2.05) is 42.5 Å². The number of benzene rings is 3. The molecular formula is C20H12FIN2OS. The summed E-state index contributed by atoms with van der Waals surface area (Å²) < 4.78 is 15.2. The van der Waals surface area contributed by atoms with Gasteiger partial charge in [0.25, 0.3) is 5.91 Å². The Kier molecular flexibility index (Phi) is 4.69. The largest absolute Gasteiger partial charge is 0.321 e. The number of rotatable bonds is 3. The van der Waals surface area contributed by atoms with Gasteiger partial charge in [0.05, 0.1) is 15.9 Å². The van der Waals surface area contributed by atoms with Crippen molar-refractivity contribution in [3.05, 3.63) is 81.7 Å². The van der Waals surface area contributed by atoms with Crippen LogP contribution in [0.3, 0.4) is 0 Å². The number of fused-ring (bicyclic) bond motifs is 1. The Labute approximate surface area is 167 Å². The summed E-state index contributed by atoms with van der Waals surface area (Å²) in [5.41, 5.74) is 2.88. The zero-order valence-electron chi connectivity index (χ0n) is 13.4. The Morgan fingerprint density at radius 2 is 1.81 bits per heavy atom. The van der Waals surface area contributed by atoms with Crippen molar-refractivity contribution in [2.24, 2.45) is 0 Å². The van der Waals surface area contributed by atoms with Crippen LogP contribution >= 0.6 is 33.9 Å². The summed E-state index contributed by atoms with van der Waals surface area (Å²) in [5, 5.41) is 3.76. The fourth-order valence-corrected chi connectivity index (χ4v) is 4.07. The molecule has 0 aliphatic rings. The lowest BCUT2D eigenvalue weighted by molar-refractivity contribution is 0.102. The Morgan fingerprint density at radius 3 is 2.58 bits per heavy atom. The smallest absolute Gasteiger partial charge is 0.255 e. The standard InChI is InChI=1S/C20H12FIN2OS/c21-13-7-5-12(6-8-13)19(25)23-16-10-9-14(22)11-15(16)20-24-17-3-1-2-4-18(17)26-20/h1-11H,(H,23,25). The van der Waals surface area contributed by atoms with Gasteiger partial charge in [0.15, 0.2) is 0 Å². The van der Waals surface area contributed by atoms with Crippen molar-refractivity contribution in [1.29, 1.82) is 0 Å². The molecule has 0 saturated carbocycles. The molecule has 6 heteroatoms. The number of halogens is 2. The number of hydrogen-bond acceptors (Lipinski definition) is 3. The van der Waals surface area contributed by atoms with E-state index >= 15 is 0 Å². The van der Waals surface area contributed by atoms with Crippen LogP contribution in [0.5, 0.6) is 0 Å². The SMILES string of the molecule is O=C(Nc1ccc(I)cc1-c1nc2ccccc2s1)c1ccc(F)cc1. The average Bonchev–Trinajstić information content (AvgIpc) is 3.07. The van der Waals surface area contributed by atoms with Crippen molar-refractivity contribution in [2.45, 2.75) is 0 Å². The average molecular weight is 474 g/mol. The van der Waals surface area contributed by atoms with Crippen molar-refractivity contribution >= 4 is 55.7 Å². The summed E-state index contributed by atoms with van der Waals surface area (Å²) in [6, 6.07) is 19.2. The molecule has 3 nitrogen and oxygen atoms in total. The summed E-state index contributed by atoms with van der Waals surface area (Å²) in [7, 11) is 0. The van der Waals surface area contributed by atoms with Gasteiger partial charge in [0.1, 0.15) is 10.8 Å². The van der Waals surface area contributed by atoms with Crippen LogP contribution < -0.4 is 5.32 Å². The fourth-order valence-electron chi connectivity index (χ4n) is 2.59. The maximum atomic E-state index is 13.1. The molecule has 0 aliphatic heterocycles. The predicted molar refractivity (Wildman–Crippen MR) is 112 cm³/mol. The third-order valence-corrected chi connectivity index (χ3v) is 5.60. The molecule has 0 saturated heterocycles. The Hall–Kier alpha value is -2.32. The quantitative estimate of drug-likeness (QED) is 0.373. The van der Waals surface area contributed by atoms with Gasteiger partial charge in [-0.2, -0.15) is 0 Å². The number of nitrogens with one attached hydrogen (secondary N) is 1. The topological polar surface area (TPSA) is 42.0 Å². The van der Waals surface area contributed by atoms with Crippen molar-refractivity contribution in [3.63, 3.8) is 0 Å². The number of para-hydroxylation sites is 1. The van der Waals surface area contributed by atoms with E-state index in [1.165, 1.54) is 24.3 Å². The maximum absolute atomic E-state index is 13.1. The number of carbonyl (C=O) groups is 1. The van der Waals surface area contributed by atoms with Crippen LogP contribution in [-0.4, -0.2) is 10.9 Å². The van der Waals surface area contributed by atoms with Crippen LogP contribution in [0.15, 0.2) is 66.7 Å². The summed E-state index contributed by atoms with van der Waals surface area (Å²) >= 11 is 3.82.